The van der Waals surface area contributed by atoms with Gasteiger partial charge in [-0.25, -0.2) is 12.7 Å². The lowest BCUT2D eigenvalue weighted by molar-refractivity contribution is -0.136. The summed E-state index contributed by atoms with van der Waals surface area (Å²) in [5.41, 5.74) is 0. The Morgan fingerprint density at radius 1 is 1.50 bits per heavy atom. The van der Waals surface area contributed by atoms with E-state index in [0.29, 0.717) is 0 Å². The highest BCUT2D eigenvalue weighted by Crippen LogP contribution is 2.01. The molecule has 2 N–H and O–H groups in total. The number of aliphatic hydroxyl groups excluding tert-OH is 1. The van der Waals surface area contributed by atoms with Crippen LogP contribution in [0.5, 0.6) is 0 Å². The minimum atomic E-state index is -3.56. The van der Waals surface area contributed by atoms with Gasteiger partial charge in [0.1, 0.15) is 0 Å². The molecule has 0 aromatic carbocycles. The fourth-order valence-corrected chi connectivity index (χ4v) is 2.04. The highest BCUT2D eigenvalue weighted by molar-refractivity contribution is 7.89. The van der Waals surface area contributed by atoms with Crippen LogP contribution in [0.2, 0.25) is 0 Å². The first kappa shape index (κ1) is 13.3. The van der Waals surface area contributed by atoms with Gasteiger partial charge in [0.2, 0.25) is 10.0 Å². The summed E-state index contributed by atoms with van der Waals surface area (Å²) < 4.78 is 23.6. The van der Waals surface area contributed by atoms with Crippen molar-refractivity contribution in [2.24, 2.45) is 0 Å². The first-order valence-electron chi connectivity index (χ1n) is 4.09. The molecule has 0 saturated heterocycles. The number of aliphatic carboxylic acids is 1. The lowest BCUT2D eigenvalue weighted by Crippen LogP contribution is -2.35. The van der Waals surface area contributed by atoms with Crippen molar-refractivity contribution in [3.8, 4) is 0 Å². The van der Waals surface area contributed by atoms with Crippen LogP contribution in [0, 0.1) is 0 Å². The minimum Gasteiger partial charge on any atom is -0.481 e. The third-order valence-electron chi connectivity index (χ3n) is 1.57. The van der Waals surface area contributed by atoms with Gasteiger partial charge < -0.3 is 10.2 Å². The van der Waals surface area contributed by atoms with Gasteiger partial charge in [-0.2, -0.15) is 0 Å². The smallest absolute Gasteiger partial charge is 0.304 e. The van der Waals surface area contributed by atoms with Crippen molar-refractivity contribution in [3.05, 3.63) is 0 Å². The summed E-state index contributed by atoms with van der Waals surface area (Å²) in [6, 6.07) is 0. The number of rotatable bonds is 6. The molecule has 0 saturated carbocycles. The van der Waals surface area contributed by atoms with Gasteiger partial charge in [-0.1, -0.05) is 0 Å². The molecule has 0 fully saturated rings. The van der Waals surface area contributed by atoms with E-state index >= 15 is 0 Å². The number of hydrogen-bond acceptors (Lipinski definition) is 4. The van der Waals surface area contributed by atoms with Crippen molar-refractivity contribution in [3.63, 3.8) is 0 Å². The molecule has 0 amide bonds. The standard InChI is InChI=1S/C7H15NO5S/c1-6(9)5-8(2)14(12,13)4-3-7(10)11/h6,9H,3-5H2,1-2H3,(H,10,11). The Morgan fingerprint density at radius 3 is 2.36 bits per heavy atom. The summed E-state index contributed by atoms with van der Waals surface area (Å²) >= 11 is 0. The topological polar surface area (TPSA) is 94.9 Å². The number of hydrogen-bond donors (Lipinski definition) is 2. The summed E-state index contributed by atoms with van der Waals surface area (Å²) in [4.78, 5) is 10.2. The molecule has 0 aromatic rings. The molecule has 0 aliphatic rings. The molecule has 7 heteroatoms. The number of nitrogens with zero attached hydrogens (tertiary/aromatic N) is 1. The highest BCUT2D eigenvalue weighted by atomic mass is 32.2. The maximum Gasteiger partial charge on any atom is 0.304 e. The van der Waals surface area contributed by atoms with Gasteiger partial charge in [0.25, 0.3) is 0 Å². The van der Waals surface area contributed by atoms with Crippen molar-refractivity contribution in [2.75, 3.05) is 19.3 Å². The SMILES string of the molecule is CC(O)CN(C)S(=O)(=O)CCC(=O)O. The van der Waals surface area contributed by atoms with Crippen LogP contribution in [0.1, 0.15) is 13.3 Å². The summed E-state index contributed by atoms with van der Waals surface area (Å²) in [6.07, 6.45) is -1.19. The Balaban J connectivity index is 4.24. The minimum absolute atomic E-state index is 0.0258. The van der Waals surface area contributed by atoms with E-state index in [1.807, 2.05) is 0 Å². The van der Waals surface area contributed by atoms with Crippen molar-refractivity contribution in [2.45, 2.75) is 19.4 Å². The lowest BCUT2D eigenvalue weighted by Gasteiger charge is -2.17. The molecule has 0 aliphatic heterocycles. The number of carboxylic acids is 1. The first-order chi connectivity index (χ1) is 6.25. The van der Waals surface area contributed by atoms with Crippen LogP contribution in [0.3, 0.4) is 0 Å². The molecule has 0 bridgehead atoms. The number of aliphatic hydroxyl groups is 1. The highest BCUT2D eigenvalue weighted by Gasteiger charge is 2.19. The maximum atomic E-state index is 11.3. The molecule has 1 unspecified atom stereocenters. The molecule has 0 aromatic heterocycles. The average Bonchev–Trinajstić information content (AvgIpc) is 1.99. The van der Waals surface area contributed by atoms with Crippen molar-refractivity contribution < 1.29 is 23.4 Å². The fourth-order valence-electron chi connectivity index (χ4n) is 0.858. The maximum absolute atomic E-state index is 11.3. The van der Waals surface area contributed by atoms with Gasteiger partial charge in [-0.05, 0) is 6.92 Å². The zero-order valence-corrected chi connectivity index (χ0v) is 8.99. The Labute approximate surface area is 83.2 Å². The van der Waals surface area contributed by atoms with E-state index < -0.39 is 34.3 Å². The molecule has 1 atom stereocenters. The van der Waals surface area contributed by atoms with E-state index in [1.54, 1.807) is 0 Å². The molecule has 0 heterocycles. The monoisotopic (exact) mass is 225 g/mol. The van der Waals surface area contributed by atoms with E-state index in [2.05, 4.69) is 0 Å². The Kier molecular flexibility index (Phi) is 5.03. The van der Waals surface area contributed by atoms with E-state index in [4.69, 9.17) is 10.2 Å². The quantitative estimate of drug-likeness (QED) is 0.611. The van der Waals surface area contributed by atoms with Crippen LogP contribution >= 0.6 is 0 Å². The van der Waals surface area contributed by atoms with Gasteiger partial charge in [0.05, 0.1) is 18.3 Å². The lowest BCUT2D eigenvalue weighted by atomic mass is 10.4. The van der Waals surface area contributed by atoms with Crippen molar-refractivity contribution in [1.29, 1.82) is 0 Å². The fraction of sp³-hybridized carbons (Fsp3) is 0.857. The van der Waals surface area contributed by atoms with E-state index in [1.165, 1.54) is 14.0 Å². The van der Waals surface area contributed by atoms with Crippen LogP contribution in [-0.4, -0.2) is 54.4 Å². The van der Waals surface area contributed by atoms with Crippen LogP contribution < -0.4 is 0 Å². The van der Waals surface area contributed by atoms with E-state index in [0.717, 1.165) is 4.31 Å². The molecule has 0 aliphatic carbocycles. The Bertz CT molecular complexity index is 284. The zero-order valence-electron chi connectivity index (χ0n) is 8.17. The number of sulfonamides is 1. The van der Waals surface area contributed by atoms with Gasteiger partial charge in [0, 0.05) is 13.6 Å². The predicted octanol–water partition coefficient (Wildman–Crippen LogP) is -0.896. The van der Waals surface area contributed by atoms with Gasteiger partial charge in [-0.3, -0.25) is 4.79 Å². The van der Waals surface area contributed by atoms with E-state index in [9.17, 15) is 13.2 Å². The molecule has 0 radical (unpaired) electrons. The molecular weight excluding hydrogens is 210 g/mol. The molecule has 84 valence electrons. The number of likely N-dealkylation sites (N-methyl/N-ethyl adjacent to an activating group) is 1. The second kappa shape index (κ2) is 5.28. The summed E-state index contributed by atoms with van der Waals surface area (Å²) in [5.74, 6) is -1.59. The van der Waals surface area contributed by atoms with Crippen molar-refractivity contribution >= 4 is 16.0 Å². The first-order valence-corrected chi connectivity index (χ1v) is 5.70. The van der Waals surface area contributed by atoms with Crippen molar-refractivity contribution in [1.82, 2.24) is 4.31 Å². The third kappa shape index (κ3) is 5.15. The number of carboxylic acid groups (broad SMARTS) is 1. The Hall–Kier alpha value is -0.660. The van der Waals surface area contributed by atoms with E-state index in [-0.39, 0.29) is 6.54 Å². The molecule has 6 nitrogen and oxygen atoms in total. The predicted molar refractivity (Wildman–Crippen MR) is 50.4 cm³/mol. The summed E-state index contributed by atoms with van der Waals surface area (Å²) in [5, 5.41) is 17.2. The van der Waals surface area contributed by atoms with Crippen LogP contribution in [0.25, 0.3) is 0 Å². The van der Waals surface area contributed by atoms with Gasteiger partial charge in [-0.15, -0.1) is 0 Å². The largest absolute Gasteiger partial charge is 0.481 e. The molecule has 0 rings (SSSR count). The average molecular weight is 225 g/mol. The second-order valence-electron chi connectivity index (χ2n) is 3.09. The Morgan fingerprint density at radius 2 is 2.00 bits per heavy atom. The second-order valence-corrected chi connectivity index (χ2v) is 5.28. The zero-order chi connectivity index (χ0) is 11.4. The third-order valence-corrected chi connectivity index (χ3v) is 3.39. The molecular formula is C7H15NO5S. The van der Waals surface area contributed by atoms with Gasteiger partial charge >= 0.3 is 5.97 Å². The molecule has 0 spiro atoms. The molecule has 14 heavy (non-hydrogen) atoms. The van der Waals surface area contributed by atoms with Crippen LogP contribution in [0.4, 0.5) is 0 Å². The van der Waals surface area contributed by atoms with Crippen LogP contribution in [-0.2, 0) is 14.8 Å². The summed E-state index contributed by atoms with van der Waals surface area (Å²) in [6.45, 7) is 1.44. The summed E-state index contributed by atoms with van der Waals surface area (Å²) in [7, 11) is -2.25. The van der Waals surface area contributed by atoms with Gasteiger partial charge in [0.15, 0.2) is 0 Å². The van der Waals surface area contributed by atoms with Crippen LogP contribution in [0.15, 0.2) is 0 Å². The number of carbonyl (C=O) groups is 1. The normalized spacial score (nSPS) is 14.3.